The van der Waals surface area contributed by atoms with Gasteiger partial charge in [-0.1, -0.05) is 13.8 Å². The lowest BCUT2D eigenvalue weighted by molar-refractivity contribution is 0.482. The van der Waals surface area contributed by atoms with Crippen LogP contribution in [0.2, 0.25) is 0 Å². The van der Waals surface area contributed by atoms with Crippen LogP contribution in [-0.2, 0) is 6.42 Å². The van der Waals surface area contributed by atoms with Gasteiger partial charge in [0, 0.05) is 19.0 Å². The summed E-state index contributed by atoms with van der Waals surface area (Å²) in [4.78, 5) is 4.24. The van der Waals surface area contributed by atoms with Crippen LogP contribution < -0.4 is 5.32 Å². The van der Waals surface area contributed by atoms with Crippen LogP contribution in [-0.4, -0.2) is 17.6 Å². The van der Waals surface area contributed by atoms with Crippen molar-refractivity contribution in [2.45, 2.75) is 26.3 Å². The number of rotatable bonds is 5. The fraction of sp³-hybridized carbons (Fsp3) is 0.417. The van der Waals surface area contributed by atoms with Crippen LogP contribution in [0.25, 0.3) is 11.3 Å². The molecule has 2 aromatic heterocycles. The molecule has 2 aromatic rings. The third kappa shape index (κ3) is 3.20. The molecule has 0 atom stereocenters. The van der Waals surface area contributed by atoms with E-state index < -0.39 is 0 Å². The second-order valence-electron chi connectivity index (χ2n) is 4.09. The first-order chi connectivity index (χ1) is 8.16. The maximum absolute atomic E-state index is 5.65. The summed E-state index contributed by atoms with van der Waals surface area (Å²) < 4.78 is 11.5. The normalized spacial score (nSPS) is 11.3. The summed E-state index contributed by atoms with van der Waals surface area (Å²) in [5.41, 5.74) is 0.889. The molecule has 0 radical (unpaired) electrons. The summed E-state index contributed by atoms with van der Waals surface area (Å²) >= 11 is 3.32. The van der Waals surface area contributed by atoms with Crippen LogP contribution in [0.15, 0.2) is 32.0 Å². The van der Waals surface area contributed by atoms with Crippen molar-refractivity contribution in [2.75, 3.05) is 6.54 Å². The highest BCUT2D eigenvalue weighted by Crippen LogP contribution is 2.29. The highest BCUT2D eigenvalue weighted by molar-refractivity contribution is 9.10. The average molecular weight is 299 g/mol. The van der Waals surface area contributed by atoms with E-state index in [-0.39, 0.29) is 0 Å². The SMILES string of the molecule is CC(C)NCCc1ncc(-c2ccoc2Br)o1. The van der Waals surface area contributed by atoms with Crippen LogP contribution in [0.4, 0.5) is 0 Å². The molecule has 92 valence electrons. The first kappa shape index (κ1) is 12.4. The standard InChI is InChI=1S/C12H15BrN2O2/c1-8(2)14-5-3-11-15-7-10(17-11)9-4-6-16-12(9)13/h4,6-8,14H,3,5H2,1-2H3. The Morgan fingerprint density at radius 1 is 1.47 bits per heavy atom. The molecule has 0 aliphatic rings. The first-order valence-corrected chi connectivity index (χ1v) is 6.37. The minimum absolute atomic E-state index is 0.479. The molecule has 0 aromatic carbocycles. The lowest BCUT2D eigenvalue weighted by Gasteiger charge is -2.05. The maximum Gasteiger partial charge on any atom is 0.196 e. The predicted molar refractivity (Wildman–Crippen MR) is 68.7 cm³/mol. The second kappa shape index (κ2) is 5.51. The van der Waals surface area contributed by atoms with E-state index in [9.17, 15) is 0 Å². The zero-order chi connectivity index (χ0) is 12.3. The van der Waals surface area contributed by atoms with E-state index in [1.165, 1.54) is 0 Å². The molecule has 0 aliphatic carbocycles. The number of nitrogens with one attached hydrogen (secondary N) is 1. The van der Waals surface area contributed by atoms with Crippen molar-refractivity contribution in [2.24, 2.45) is 0 Å². The Morgan fingerprint density at radius 3 is 2.94 bits per heavy atom. The zero-order valence-electron chi connectivity index (χ0n) is 9.87. The monoisotopic (exact) mass is 298 g/mol. The number of hydrogen-bond donors (Lipinski definition) is 1. The van der Waals surface area contributed by atoms with E-state index in [1.807, 2.05) is 6.07 Å². The zero-order valence-corrected chi connectivity index (χ0v) is 11.5. The molecule has 17 heavy (non-hydrogen) atoms. The molecule has 0 unspecified atom stereocenters. The summed E-state index contributed by atoms with van der Waals surface area (Å²) in [6, 6.07) is 2.33. The van der Waals surface area contributed by atoms with Gasteiger partial charge in [0.15, 0.2) is 16.3 Å². The van der Waals surface area contributed by atoms with E-state index in [1.54, 1.807) is 12.5 Å². The Morgan fingerprint density at radius 2 is 2.29 bits per heavy atom. The van der Waals surface area contributed by atoms with Crippen LogP contribution in [0.1, 0.15) is 19.7 Å². The number of hydrogen-bond acceptors (Lipinski definition) is 4. The third-order valence-electron chi connectivity index (χ3n) is 2.33. The molecule has 5 heteroatoms. The number of furan rings is 1. The van der Waals surface area contributed by atoms with Gasteiger partial charge in [-0.2, -0.15) is 0 Å². The second-order valence-corrected chi connectivity index (χ2v) is 4.81. The molecule has 2 rings (SSSR count). The fourth-order valence-corrected chi connectivity index (χ4v) is 1.92. The first-order valence-electron chi connectivity index (χ1n) is 5.58. The molecule has 0 fully saturated rings. The highest BCUT2D eigenvalue weighted by Gasteiger charge is 2.11. The van der Waals surface area contributed by atoms with Crippen molar-refractivity contribution >= 4 is 15.9 Å². The van der Waals surface area contributed by atoms with Gasteiger partial charge in [-0.05, 0) is 22.0 Å². The van der Waals surface area contributed by atoms with Crippen LogP contribution in [0, 0.1) is 0 Å². The molecule has 2 heterocycles. The Kier molecular flexibility index (Phi) is 4.02. The van der Waals surface area contributed by atoms with E-state index >= 15 is 0 Å². The van der Waals surface area contributed by atoms with Gasteiger partial charge >= 0.3 is 0 Å². The molecule has 0 saturated heterocycles. The van der Waals surface area contributed by atoms with Crippen LogP contribution in [0.3, 0.4) is 0 Å². The van der Waals surface area contributed by atoms with Crippen molar-refractivity contribution in [1.29, 1.82) is 0 Å². The Labute approximate surface area is 109 Å². The smallest absolute Gasteiger partial charge is 0.196 e. The molecule has 1 N–H and O–H groups in total. The largest absolute Gasteiger partial charge is 0.457 e. The van der Waals surface area contributed by atoms with Crippen molar-refractivity contribution in [3.63, 3.8) is 0 Å². The number of halogens is 1. The van der Waals surface area contributed by atoms with Crippen molar-refractivity contribution < 1.29 is 8.83 Å². The molecule has 0 amide bonds. The van der Waals surface area contributed by atoms with Gasteiger partial charge in [-0.3, -0.25) is 0 Å². The number of aromatic nitrogens is 1. The molecule has 0 spiro atoms. The third-order valence-corrected chi connectivity index (χ3v) is 2.94. The summed E-state index contributed by atoms with van der Waals surface area (Å²) in [7, 11) is 0. The Balaban J connectivity index is 1.99. The van der Waals surface area contributed by atoms with Gasteiger partial charge in [-0.15, -0.1) is 0 Å². The van der Waals surface area contributed by atoms with Crippen LogP contribution >= 0.6 is 15.9 Å². The van der Waals surface area contributed by atoms with Crippen molar-refractivity contribution in [3.8, 4) is 11.3 Å². The van der Waals surface area contributed by atoms with E-state index in [2.05, 4.69) is 40.1 Å². The Bertz CT molecular complexity index is 476. The van der Waals surface area contributed by atoms with Gasteiger partial charge in [0.2, 0.25) is 0 Å². The van der Waals surface area contributed by atoms with Gasteiger partial charge in [0.1, 0.15) is 0 Å². The van der Waals surface area contributed by atoms with Gasteiger partial charge in [-0.25, -0.2) is 4.98 Å². The quantitative estimate of drug-likeness (QED) is 0.921. The fourth-order valence-electron chi connectivity index (χ4n) is 1.49. The molecule has 0 bridgehead atoms. The molecule has 0 saturated carbocycles. The topological polar surface area (TPSA) is 51.2 Å². The van der Waals surface area contributed by atoms with Crippen molar-refractivity contribution in [1.82, 2.24) is 10.3 Å². The summed E-state index contributed by atoms with van der Waals surface area (Å²) in [5, 5.41) is 3.32. The molecular weight excluding hydrogens is 284 g/mol. The minimum atomic E-state index is 0.479. The summed E-state index contributed by atoms with van der Waals surface area (Å²) in [6.45, 7) is 5.09. The van der Waals surface area contributed by atoms with Crippen molar-refractivity contribution in [3.05, 3.63) is 29.1 Å². The van der Waals surface area contributed by atoms with Gasteiger partial charge in [0.05, 0.1) is 18.0 Å². The predicted octanol–water partition coefficient (Wildman–Crippen LogP) is 3.24. The molecular formula is C12H15BrN2O2. The van der Waals surface area contributed by atoms with E-state index in [0.29, 0.717) is 10.7 Å². The Hall–Kier alpha value is -1.07. The number of oxazole rings is 1. The van der Waals surface area contributed by atoms with Gasteiger partial charge < -0.3 is 14.2 Å². The lowest BCUT2D eigenvalue weighted by Crippen LogP contribution is -2.24. The van der Waals surface area contributed by atoms with Gasteiger partial charge in [0.25, 0.3) is 0 Å². The lowest BCUT2D eigenvalue weighted by atomic mass is 10.3. The van der Waals surface area contributed by atoms with Crippen LogP contribution in [0.5, 0.6) is 0 Å². The summed E-state index contributed by atoms with van der Waals surface area (Å²) in [6.07, 6.45) is 4.12. The minimum Gasteiger partial charge on any atom is -0.457 e. The van der Waals surface area contributed by atoms with E-state index in [0.717, 1.165) is 30.2 Å². The van der Waals surface area contributed by atoms with E-state index in [4.69, 9.17) is 8.83 Å². The maximum atomic E-state index is 5.65. The highest BCUT2D eigenvalue weighted by atomic mass is 79.9. The molecule has 4 nitrogen and oxygen atoms in total. The summed E-state index contributed by atoms with van der Waals surface area (Å²) in [5.74, 6) is 1.46. The average Bonchev–Trinajstić information content (AvgIpc) is 2.86. The number of nitrogens with zero attached hydrogens (tertiary/aromatic N) is 1. The molecule has 0 aliphatic heterocycles.